The molecule has 1 amide bonds. The lowest BCUT2D eigenvalue weighted by atomic mass is 9.81. The molecule has 1 saturated heterocycles. The number of aliphatic hydroxyl groups is 1. The second-order valence-corrected chi connectivity index (χ2v) is 9.71. The van der Waals surface area contributed by atoms with Gasteiger partial charge in [0.2, 0.25) is 0 Å². The number of ether oxygens (including phenoxy) is 2. The fourth-order valence-corrected chi connectivity index (χ4v) is 4.44. The van der Waals surface area contributed by atoms with E-state index in [4.69, 9.17) is 9.47 Å². The van der Waals surface area contributed by atoms with Crippen molar-refractivity contribution < 1.29 is 19.4 Å². The molecular formula is C24H38N2O4. The van der Waals surface area contributed by atoms with E-state index in [-0.39, 0.29) is 6.09 Å². The molecule has 1 spiro atoms. The van der Waals surface area contributed by atoms with Crippen molar-refractivity contribution in [3.63, 3.8) is 0 Å². The molecule has 0 aliphatic carbocycles. The van der Waals surface area contributed by atoms with Crippen LogP contribution in [-0.2, 0) is 11.3 Å². The van der Waals surface area contributed by atoms with Crippen LogP contribution in [0.15, 0.2) is 18.2 Å². The summed E-state index contributed by atoms with van der Waals surface area (Å²) < 4.78 is 11.9. The molecule has 30 heavy (non-hydrogen) atoms. The Bertz CT molecular complexity index is 735. The highest BCUT2D eigenvalue weighted by molar-refractivity contribution is 5.68. The number of carbonyl (C=O) groups excluding carboxylic acids is 1. The summed E-state index contributed by atoms with van der Waals surface area (Å²) in [6, 6.07) is 6.22. The molecule has 3 rings (SSSR count). The number of piperidine rings is 1. The quantitative estimate of drug-likeness (QED) is 0.763. The molecule has 6 nitrogen and oxygen atoms in total. The normalized spacial score (nSPS) is 20.8. The van der Waals surface area contributed by atoms with Crippen LogP contribution in [0.1, 0.15) is 77.5 Å². The highest BCUT2D eigenvalue weighted by atomic mass is 16.6. The number of carbonyl (C=O) groups is 1. The van der Waals surface area contributed by atoms with Crippen molar-refractivity contribution in [1.29, 1.82) is 0 Å². The van der Waals surface area contributed by atoms with Crippen molar-refractivity contribution >= 4 is 6.09 Å². The number of likely N-dealkylation sites (tertiary alicyclic amines) is 1. The Labute approximate surface area is 181 Å². The van der Waals surface area contributed by atoms with Crippen LogP contribution in [0, 0.1) is 0 Å². The Hall–Kier alpha value is -1.79. The fourth-order valence-electron chi connectivity index (χ4n) is 4.44. The van der Waals surface area contributed by atoms with Gasteiger partial charge in [-0.1, -0.05) is 19.9 Å². The third kappa shape index (κ3) is 5.46. The van der Waals surface area contributed by atoms with Crippen molar-refractivity contribution in [2.75, 3.05) is 26.2 Å². The summed E-state index contributed by atoms with van der Waals surface area (Å²) in [6.45, 7) is 14.2. The lowest BCUT2D eigenvalue weighted by molar-refractivity contribution is -0.0569. The summed E-state index contributed by atoms with van der Waals surface area (Å²) in [5.74, 6) is 0.779. The second-order valence-electron chi connectivity index (χ2n) is 9.71. The predicted molar refractivity (Wildman–Crippen MR) is 118 cm³/mol. The molecule has 1 fully saturated rings. The number of amides is 1. The van der Waals surface area contributed by atoms with Gasteiger partial charge < -0.3 is 19.5 Å². The van der Waals surface area contributed by atoms with Crippen LogP contribution in [0.4, 0.5) is 4.79 Å². The number of nitrogens with zero attached hydrogens (tertiary/aromatic N) is 2. The van der Waals surface area contributed by atoms with Gasteiger partial charge in [-0.15, -0.1) is 0 Å². The van der Waals surface area contributed by atoms with Crippen LogP contribution in [0.25, 0.3) is 0 Å². The third-order valence-electron chi connectivity index (χ3n) is 6.04. The van der Waals surface area contributed by atoms with Gasteiger partial charge in [0.1, 0.15) is 17.0 Å². The van der Waals surface area contributed by atoms with Gasteiger partial charge in [0.15, 0.2) is 0 Å². The van der Waals surface area contributed by atoms with Gasteiger partial charge in [-0.3, -0.25) is 4.90 Å². The minimum absolute atomic E-state index is 0.272. The zero-order valence-corrected chi connectivity index (χ0v) is 19.2. The second kappa shape index (κ2) is 9.15. The Morgan fingerprint density at radius 3 is 2.60 bits per heavy atom. The monoisotopic (exact) mass is 418 g/mol. The summed E-state index contributed by atoms with van der Waals surface area (Å²) in [4.78, 5) is 16.5. The summed E-state index contributed by atoms with van der Waals surface area (Å²) in [7, 11) is 0. The molecule has 6 heteroatoms. The maximum atomic E-state index is 12.4. The lowest BCUT2D eigenvalue weighted by Gasteiger charge is -2.46. The largest absolute Gasteiger partial charge is 0.487 e. The number of rotatable bonds is 5. The predicted octanol–water partition coefficient (Wildman–Crippen LogP) is 4.50. The Morgan fingerprint density at radius 2 is 2.00 bits per heavy atom. The minimum atomic E-state index is -0.539. The number of aliphatic hydroxyl groups excluding tert-OH is 1. The molecule has 1 atom stereocenters. The molecular weight excluding hydrogens is 380 g/mol. The first-order valence-corrected chi connectivity index (χ1v) is 11.3. The molecule has 2 heterocycles. The topological polar surface area (TPSA) is 62.2 Å². The highest BCUT2D eigenvalue weighted by Gasteiger charge is 2.44. The summed E-state index contributed by atoms with van der Waals surface area (Å²) in [5, 5.41) is 10.9. The minimum Gasteiger partial charge on any atom is -0.487 e. The SMILES string of the molecule is CCCN(CC)Cc1ccc2c(c1)C(O)CC1(CCN(C(=O)OC(C)(C)C)CC1)O2. The van der Waals surface area contributed by atoms with Gasteiger partial charge in [0, 0.05) is 44.5 Å². The molecule has 0 radical (unpaired) electrons. The summed E-state index contributed by atoms with van der Waals surface area (Å²) in [6.07, 6.45) is 2.29. The van der Waals surface area contributed by atoms with Gasteiger partial charge in [0.25, 0.3) is 0 Å². The average molecular weight is 419 g/mol. The average Bonchev–Trinajstić information content (AvgIpc) is 2.67. The van der Waals surface area contributed by atoms with Crippen molar-refractivity contribution in [1.82, 2.24) is 9.80 Å². The maximum Gasteiger partial charge on any atom is 0.410 e. The maximum absolute atomic E-state index is 12.4. The van der Waals surface area contributed by atoms with E-state index >= 15 is 0 Å². The first-order chi connectivity index (χ1) is 14.1. The highest BCUT2D eigenvalue weighted by Crippen LogP contribution is 2.44. The van der Waals surface area contributed by atoms with Gasteiger partial charge >= 0.3 is 6.09 Å². The van der Waals surface area contributed by atoms with Crippen LogP contribution in [-0.4, -0.2) is 58.4 Å². The van der Waals surface area contributed by atoms with E-state index in [1.807, 2.05) is 26.8 Å². The van der Waals surface area contributed by atoms with Crippen LogP contribution < -0.4 is 4.74 Å². The van der Waals surface area contributed by atoms with Gasteiger partial charge in [-0.2, -0.15) is 0 Å². The molecule has 1 unspecified atom stereocenters. The zero-order chi connectivity index (χ0) is 21.9. The summed E-state index contributed by atoms with van der Waals surface area (Å²) >= 11 is 0. The molecule has 1 N–H and O–H groups in total. The first kappa shape index (κ1) is 22.9. The van der Waals surface area contributed by atoms with Crippen molar-refractivity contribution in [2.45, 2.75) is 84.2 Å². The number of benzene rings is 1. The first-order valence-electron chi connectivity index (χ1n) is 11.3. The van der Waals surface area contributed by atoms with E-state index < -0.39 is 17.3 Å². The Morgan fingerprint density at radius 1 is 1.30 bits per heavy atom. The molecule has 0 saturated carbocycles. The fraction of sp³-hybridized carbons (Fsp3) is 0.708. The standard InChI is InChI=1S/C24H38N2O4/c1-6-12-25(7-2)17-18-8-9-21-19(15-18)20(27)16-24(29-21)10-13-26(14-11-24)22(28)30-23(3,4)5/h8-9,15,20,27H,6-7,10-14,16-17H2,1-5H3. The molecule has 2 aliphatic heterocycles. The van der Waals surface area contributed by atoms with Crippen LogP contribution in [0.3, 0.4) is 0 Å². The van der Waals surface area contributed by atoms with Gasteiger partial charge in [-0.05, 0) is 58.0 Å². The number of hydrogen-bond acceptors (Lipinski definition) is 5. The number of hydrogen-bond donors (Lipinski definition) is 1. The molecule has 1 aromatic carbocycles. The smallest absolute Gasteiger partial charge is 0.410 e. The number of fused-ring (bicyclic) bond motifs is 1. The lowest BCUT2D eigenvalue weighted by Crippen LogP contribution is -2.52. The zero-order valence-electron chi connectivity index (χ0n) is 19.2. The van der Waals surface area contributed by atoms with Crippen molar-refractivity contribution in [2.24, 2.45) is 0 Å². The van der Waals surface area contributed by atoms with Crippen LogP contribution in [0.5, 0.6) is 5.75 Å². The molecule has 0 aromatic heterocycles. The molecule has 168 valence electrons. The van der Waals surface area contributed by atoms with E-state index in [0.29, 0.717) is 32.4 Å². The van der Waals surface area contributed by atoms with E-state index in [9.17, 15) is 9.90 Å². The molecule has 1 aromatic rings. The Balaban J connectivity index is 1.65. The van der Waals surface area contributed by atoms with Gasteiger partial charge in [-0.25, -0.2) is 4.79 Å². The molecule has 0 bridgehead atoms. The van der Waals surface area contributed by atoms with E-state index in [0.717, 1.165) is 37.4 Å². The Kier molecular flexibility index (Phi) is 6.98. The van der Waals surface area contributed by atoms with E-state index in [1.165, 1.54) is 5.56 Å². The van der Waals surface area contributed by atoms with Crippen LogP contribution >= 0.6 is 0 Å². The summed E-state index contributed by atoms with van der Waals surface area (Å²) in [5.41, 5.74) is 1.19. The van der Waals surface area contributed by atoms with E-state index in [1.54, 1.807) is 4.90 Å². The van der Waals surface area contributed by atoms with Crippen molar-refractivity contribution in [3.05, 3.63) is 29.3 Å². The van der Waals surface area contributed by atoms with Crippen LogP contribution in [0.2, 0.25) is 0 Å². The van der Waals surface area contributed by atoms with E-state index in [2.05, 4.69) is 30.9 Å². The third-order valence-corrected chi connectivity index (χ3v) is 6.04. The van der Waals surface area contributed by atoms with Crippen molar-refractivity contribution in [3.8, 4) is 5.75 Å². The molecule has 2 aliphatic rings. The van der Waals surface area contributed by atoms with Gasteiger partial charge in [0.05, 0.1) is 6.10 Å².